The molecule has 0 spiro atoms. The number of fused-ring (bicyclic) bond motifs is 2. The standard InChI is InChI=1S/C27H46O6/c1-19-11-22(8-10-31-19)15-30-18-27(2,17-29-14-21-4-6-24-26(13-21)33-24)16-28-9-7-20-3-5-23-25(12-20)32-23/h19-26H,3-18H2,1-2H3. The van der Waals surface area contributed by atoms with Crippen LogP contribution in [0.25, 0.3) is 0 Å². The van der Waals surface area contributed by atoms with Crippen molar-refractivity contribution in [3.05, 3.63) is 0 Å². The maximum atomic E-state index is 6.28. The predicted molar refractivity (Wildman–Crippen MR) is 125 cm³/mol. The lowest BCUT2D eigenvalue weighted by Gasteiger charge is -2.32. The third-order valence-corrected chi connectivity index (χ3v) is 8.55. The molecule has 3 aliphatic heterocycles. The van der Waals surface area contributed by atoms with Crippen molar-refractivity contribution in [1.82, 2.24) is 0 Å². The third kappa shape index (κ3) is 7.37. The summed E-state index contributed by atoms with van der Waals surface area (Å²) >= 11 is 0. The van der Waals surface area contributed by atoms with Crippen LogP contribution in [-0.4, -0.2) is 76.8 Å². The molecule has 9 atom stereocenters. The zero-order chi connectivity index (χ0) is 22.7. The molecule has 2 saturated carbocycles. The highest BCUT2D eigenvalue weighted by molar-refractivity contribution is 4.92. The van der Waals surface area contributed by atoms with Crippen molar-refractivity contribution in [2.45, 2.75) is 102 Å². The second kappa shape index (κ2) is 11.2. The van der Waals surface area contributed by atoms with E-state index in [1.165, 1.54) is 38.5 Å². The van der Waals surface area contributed by atoms with Crippen LogP contribution in [0, 0.1) is 23.2 Å². The van der Waals surface area contributed by atoms with Crippen LogP contribution in [0.4, 0.5) is 0 Å². The minimum atomic E-state index is -0.110. The highest BCUT2D eigenvalue weighted by atomic mass is 16.6. The lowest BCUT2D eigenvalue weighted by Crippen LogP contribution is -2.36. The lowest BCUT2D eigenvalue weighted by molar-refractivity contribution is -0.0821. The van der Waals surface area contributed by atoms with Gasteiger partial charge in [-0.3, -0.25) is 0 Å². The Balaban J connectivity index is 1.03. The minimum Gasteiger partial charge on any atom is -0.381 e. The van der Waals surface area contributed by atoms with E-state index < -0.39 is 0 Å². The number of epoxide rings is 2. The topological polar surface area (TPSA) is 62.0 Å². The monoisotopic (exact) mass is 466 g/mol. The Morgan fingerprint density at radius 3 is 1.97 bits per heavy atom. The van der Waals surface area contributed by atoms with E-state index in [1.54, 1.807) is 0 Å². The van der Waals surface area contributed by atoms with Gasteiger partial charge in [-0.25, -0.2) is 0 Å². The lowest BCUT2D eigenvalue weighted by atomic mass is 9.87. The molecule has 3 heterocycles. The summed E-state index contributed by atoms with van der Waals surface area (Å²) in [6.45, 7) is 9.87. The SMILES string of the molecule is CC1CC(COCC(C)(COCCC2CCC3OC3C2)COCC2CCC3OC3C2)CCO1. The van der Waals surface area contributed by atoms with Crippen molar-refractivity contribution < 1.29 is 28.4 Å². The highest BCUT2D eigenvalue weighted by Gasteiger charge is 2.44. The van der Waals surface area contributed by atoms with E-state index in [1.807, 2.05) is 0 Å². The van der Waals surface area contributed by atoms with Crippen LogP contribution in [0.2, 0.25) is 0 Å². The fourth-order valence-corrected chi connectivity index (χ4v) is 6.27. The molecule has 0 aromatic heterocycles. The van der Waals surface area contributed by atoms with Gasteiger partial charge in [0.15, 0.2) is 0 Å². The van der Waals surface area contributed by atoms with Crippen molar-refractivity contribution in [3.8, 4) is 0 Å². The van der Waals surface area contributed by atoms with Gasteiger partial charge in [-0.1, -0.05) is 6.92 Å². The first-order chi connectivity index (χ1) is 16.1. The van der Waals surface area contributed by atoms with Gasteiger partial charge < -0.3 is 28.4 Å². The van der Waals surface area contributed by atoms with Crippen LogP contribution in [-0.2, 0) is 28.4 Å². The van der Waals surface area contributed by atoms with Crippen LogP contribution in [0.15, 0.2) is 0 Å². The summed E-state index contributed by atoms with van der Waals surface area (Å²) in [6, 6.07) is 0. The van der Waals surface area contributed by atoms with Gasteiger partial charge >= 0.3 is 0 Å². The maximum absolute atomic E-state index is 6.28. The smallest absolute Gasteiger partial charge is 0.0845 e. The molecule has 0 aromatic carbocycles. The molecular formula is C27H46O6. The molecule has 6 nitrogen and oxygen atoms in total. The average molecular weight is 467 g/mol. The van der Waals surface area contributed by atoms with Gasteiger partial charge in [0.1, 0.15) is 0 Å². The maximum Gasteiger partial charge on any atom is 0.0845 e. The summed E-state index contributed by atoms with van der Waals surface area (Å²) in [7, 11) is 0. The molecule has 0 amide bonds. The summed E-state index contributed by atoms with van der Waals surface area (Å²) < 4.78 is 35.8. The average Bonchev–Trinajstić information content (AvgIpc) is 3.71. The summed E-state index contributed by atoms with van der Waals surface area (Å²) in [5.74, 6) is 2.01. The molecule has 5 rings (SSSR count). The van der Waals surface area contributed by atoms with E-state index in [4.69, 9.17) is 28.4 Å². The Morgan fingerprint density at radius 1 is 0.697 bits per heavy atom. The van der Waals surface area contributed by atoms with E-state index in [-0.39, 0.29) is 5.41 Å². The van der Waals surface area contributed by atoms with Crippen molar-refractivity contribution in [2.24, 2.45) is 23.2 Å². The van der Waals surface area contributed by atoms with Gasteiger partial charge in [-0.05, 0) is 82.5 Å². The first-order valence-corrected chi connectivity index (χ1v) is 13.7. The molecule has 190 valence electrons. The van der Waals surface area contributed by atoms with Crippen molar-refractivity contribution in [2.75, 3.05) is 46.2 Å². The van der Waals surface area contributed by atoms with Crippen LogP contribution < -0.4 is 0 Å². The number of hydrogen-bond acceptors (Lipinski definition) is 6. The second-order valence-corrected chi connectivity index (χ2v) is 12.0. The van der Waals surface area contributed by atoms with Crippen LogP contribution in [0.5, 0.6) is 0 Å². The quantitative estimate of drug-likeness (QED) is 0.296. The van der Waals surface area contributed by atoms with Crippen LogP contribution >= 0.6 is 0 Å². The molecule has 5 aliphatic rings. The van der Waals surface area contributed by atoms with E-state index in [0.29, 0.717) is 62.2 Å². The Kier molecular flexibility index (Phi) is 8.31. The Bertz CT molecular complexity index is 601. The zero-order valence-electron chi connectivity index (χ0n) is 20.9. The van der Waals surface area contributed by atoms with Gasteiger partial charge in [0.25, 0.3) is 0 Å². The van der Waals surface area contributed by atoms with E-state index in [2.05, 4.69) is 13.8 Å². The van der Waals surface area contributed by atoms with Gasteiger partial charge in [0.2, 0.25) is 0 Å². The Morgan fingerprint density at radius 2 is 1.30 bits per heavy atom. The fourth-order valence-electron chi connectivity index (χ4n) is 6.27. The van der Waals surface area contributed by atoms with Crippen molar-refractivity contribution in [1.29, 1.82) is 0 Å². The third-order valence-electron chi connectivity index (χ3n) is 8.55. The predicted octanol–water partition coefficient (Wildman–Crippen LogP) is 4.38. The highest BCUT2D eigenvalue weighted by Crippen LogP contribution is 2.41. The number of rotatable bonds is 13. The number of hydrogen-bond donors (Lipinski definition) is 0. The van der Waals surface area contributed by atoms with Crippen LogP contribution in [0.3, 0.4) is 0 Å². The molecule has 3 saturated heterocycles. The van der Waals surface area contributed by atoms with Crippen molar-refractivity contribution in [3.63, 3.8) is 0 Å². The van der Waals surface area contributed by atoms with Gasteiger partial charge in [-0.15, -0.1) is 0 Å². The molecule has 0 N–H and O–H groups in total. The molecule has 5 fully saturated rings. The van der Waals surface area contributed by atoms with E-state index >= 15 is 0 Å². The molecular weight excluding hydrogens is 420 g/mol. The van der Waals surface area contributed by atoms with Gasteiger partial charge in [-0.2, -0.15) is 0 Å². The Labute approximate surface area is 200 Å². The number of ether oxygens (including phenoxy) is 6. The molecule has 33 heavy (non-hydrogen) atoms. The van der Waals surface area contributed by atoms with E-state index in [0.717, 1.165) is 51.6 Å². The molecule has 2 aliphatic carbocycles. The first kappa shape index (κ1) is 24.5. The van der Waals surface area contributed by atoms with Gasteiger partial charge in [0.05, 0.1) is 50.3 Å². The summed E-state index contributed by atoms with van der Waals surface area (Å²) in [6.07, 6.45) is 13.3. The summed E-state index contributed by atoms with van der Waals surface area (Å²) in [5, 5.41) is 0. The van der Waals surface area contributed by atoms with Gasteiger partial charge in [0, 0.05) is 31.8 Å². The first-order valence-electron chi connectivity index (χ1n) is 13.7. The summed E-state index contributed by atoms with van der Waals surface area (Å²) in [5.41, 5.74) is -0.110. The zero-order valence-corrected chi connectivity index (χ0v) is 20.9. The fraction of sp³-hybridized carbons (Fsp3) is 1.00. The second-order valence-electron chi connectivity index (χ2n) is 12.0. The molecule has 0 bridgehead atoms. The molecule has 6 heteroatoms. The molecule has 0 radical (unpaired) electrons. The van der Waals surface area contributed by atoms with Crippen LogP contribution in [0.1, 0.15) is 71.6 Å². The molecule has 9 unspecified atom stereocenters. The van der Waals surface area contributed by atoms with Crippen molar-refractivity contribution >= 4 is 0 Å². The summed E-state index contributed by atoms with van der Waals surface area (Å²) in [4.78, 5) is 0. The minimum absolute atomic E-state index is 0.110. The Hall–Kier alpha value is -0.240. The van der Waals surface area contributed by atoms with E-state index in [9.17, 15) is 0 Å². The molecule has 0 aromatic rings. The normalized spacial score (nSPS) is 41.6. The largest absolute Gasteiger partial charge is 0.381 e.